The van der Waals surface area contributed by atoms with Crippen LogP contribution < -0.4 is 10.1 Å². The summed E-state index contributed by atoms with van der Waals surface area (Å²) < 4.78 is 5.39. The first-order valence-corrected chi connectivity index (χ1v) is 10.2. The molecule has 0 bridgehead atoms. The number of anilines is 1. The Morgan fingerprint density at radius 3 is 2.48 bits per heavy atom. The van der Waals surface area contributed by atoms with Gasteiger partial charge in [-0.25, -0.2) is 0 Å². The predicted molar refractivity (Wildman–Crippen MR) is 125 cm³/mol. The summed E-state index contributed by atoms with van der Waals surface area (Å²) in [6.07, 6.45) is 2.26. The van der Waals surface area contributed by atoms with Crippen LogP contribution in [0.5, 0.6) is 5.75 Å². The number of amides is 1. The van der Waals surface area contributed by atoms with Crippen LogP contribution >= 0.6 is 11.6 Å². The van der Waals surface area contributed by atoms with Gasteiger partial charge in [-0.2, -0.15) is 5.26 Å². The maximum atomic E-state index is 12.7. The average Bonchev–Trinajstić information content (AvgIpc) is 2.72. The van der Waals surface area contributed by atoms with Crippen LogP contribution in [-0.4, -0.2) is 13.0 Å². The maximum absolute atomic E-state index is 12.7. The molecule has 0 aliphatic carbocycles. The lowest BCUT2D eigenvalue weighted by Crippen LogP contribution is -2.13. The third-order valence-electron chi connectivity index (χ3n) is 4.77. The standard InChI is InChI=1S/C26H23ClN2O2/c1-17-9-18(2)11-19(10-17)12-21-14-25(31-3)8-7-20(21)13-22(16-28)26(30)29-24-6-4-5-23(27)15-24/h4-11,13-15H,12H2,1-3H3,(H,29,30)/b22-13+. The van der Waals surface area contributed by atoms with Gasteiger partial charge in [0.05, 0.1) is 7.11 Å². The number of carbonyl (C=O) groups excluding carboxylic acids is 1. The molecule has 0 aromatic heterocycles. The molecule has 3 aromatic carbocycles. The van der Waals surface area contributed by atoms with Crippen LogP contribution in [0.1, 0.15) is 27.8 Å². The number of benzene rings is 3. The minimum Gasteiger partial charge on any atom is -0.497 e. The number of nitriles is 1. The molecular weight excluding hydrogens is 408 g/mol. The molecule has 0 aliphatic rings. The van der Waals surface area contributed by atoms with Crippen molar-refractivity contribution in [2.45, 2.75) is 20.3 Å². The van der Waals surface area contributed by atoms with Crippen molar-refractivity contribution >= 4 is 29.3 Å². The van der Waals surface area contributed by atoms with Crippen molar-refractivity contribution in [2.24, 2.45) is 0 Å². The molecule has 4 nitrogen and oxygen atoms in total. The van der Waals surface area contributed by atoms with E-state index in [9.17, 15) is 10.1 Å². The summed E-state index contributed by atoms with van der Waals surface area (Å²) in [7, 11) is 1.62. The van der Waals surface area contributed by atoms with Gasteiger partial charge in [0.2, 0.25) is 0 Å². The Labute approximate surface area is 187 Å². The first-order chi connectivity index (χ1) is 14.9. The fraction of sp³-hybridized carbons (Fsp3) is 0.154. The number of aryl methyl sites for hydroxylation is 2. The zero-order valence-electron chi connectivity index (χ0n) is 17.7. The Bertz CT molecular complexity index is 1170. The average molecular weight is 431 g/mol. The van der Waals surface area contributed by atoms with Crippen molar-refractivity contribution in [1.29, 1.82) is 5.26 Å². The summed E-state index contributed by atoms with van der Waals surface area (Å²) in [5.41, 5.74) is 5.82. The van der Waals surface area contributed by atoms with Gasteiger partial charge in [-0.3, -0.25) is 4.79 Å². The smallest absolute Gasteiger partial charge is 0.266 e. The first kappa shape index (κ1) is 22.1. The third kappa shape index (κ3) is 5.97. The van der Waals surface area contributed by atoms with E-state index in [0.717, 1.165) is 22.4 Å². The van der Waals surface area contributed by atoms with Crippen LogP contribution in [0.3, 0.4) is 0 Å². The SMILES string of the molecule is COc1ccc(/C=C(\C#N)C(=O)Nc2cccc(Cl)c2)c(Cc2cc(C)cc(C)c2)c1. The molecular formula is C26H23ClN2O2. The van der Waals surface area contributed by atoms with Crippen LogP contribution in [0.4, 0.5) is 5.69 Å². The van der Waals surface area contributed by atoms with E-state index in [1.807, 2.05) is 24.3 Å². The van der Waals surface area contributed by atoms with Gasteiger partial charge in [0, 0.05) is 10.7 Å². The summed E-state index contributed by atoms with van der Waals surface area (Å²) in [4.78, 5) is 12.7. The maximum Gasteiger partial charge on any atom is 0.266 e. The molecule has 156 valence electrons. The van der Waals surface area contributed by atoms with Crippen molar-refractivity contribution in [3.05, 3.63) is 99.1 Å². The van der Waals surface area contributed by atoms with Crippen molar-refractivity contribution in [2.75, 3.05) is 12.4 Å². The van der Waals surface area contributed by atoms with E-state index < -0.39 is 5.91 Å². The zero-order chi connectivity index (χ0) is 22.4. The second kappa shape index (κ2) is 9.97. The molecule has 0 unspecified atom stereocenters. The van der Waals surface area contributed by atoms with E-state index in [1.54, 1.807) is 37.5 Å². The Morgan fingerprint density at radius 1 is 1.10 bits per heavy atom. The summed E-state index contributed by atoms with van der Waals surface area (Å²) in [6.45, 7) is 4.13. The number of halogens is 1. The monoisotopic (exact) mass is 430 g/mol. The van der Waals surface area contributed by atoms with Gasteiger partial charge < -0.3 is 10.1 Å². The molecule has 0 spiro atoms. The highest BCUT2D eigenvalue weighted by Crippen LogP contribution is 2.24. The van der Waals surface area contributed by atoms with Crippen molar-refractivity contribution in [3.8, 4) is 11.8 Å². The molecule has 0 radical (unpaired) electrons. The molecule has 1 N–H and O–H groups in total. The minimum atomic E-state index is -0.488. The lowest BCUT2D eigenvalue weighted by molar-refractivity contribution is -0.112. The molecule has 5 heteroatoms. The molecule has 0 heterocycles. The highest BCUT2D eigenvalue weighted by atomic mass is 35.5. The van der Waals surface area contributed by atoms with Gasteiger partial charge in [0.25, 0.3) is 5.91 Å². The van der Waals surface area contributed by atoms with E-state index in [-0.39, 0.29) is 5.57 Å². The molecule has 0 aliphatic heterocycles. The topological polar surface area (TPSA) is 62.1 Å². The number of hydrogen-bond donors (Lipinski definition) is 1. The lowest BCUT2D eigenvalue weighted by atomic mass is 9.96. The van der Waals surface area contributed by atoms with E-state index in [0.29, 0.717) is 17.1 Å². The van der Waals surface area contributed by atoms with Gasteiger partial charge in [-0.1, -0.05) is 53.1 Å². The third-order valence-corrected chi connectivity index (χ3v) is 5.01. The van der Waals surface area contributed by atoms with Crippen LogP contribution in [0.2, 0.25) is 5.02 Å². The largest absolute Gasteiger partial charge is 0.497 e. The molecule has 31 heavy (non-hydrogen) atoms. The van der Waals surface area contributed by atoms with Crippen molar-refractivity contribution in [3.63, 3.8) is 0 Å². The van der Waals surface area contributed by atoms with Gasteiger partial charge in [-0.05, 0) is 73.4 Å². The van der Waals surface area contributed by atoms with Crippen LogP contribution in [-0.2, 0) is 11.2 Å². The number of hydrogen-bond acceptors (Lipinski definition) is 3. The Balaban J connectivity index is 1.95. The van der Waals surface area contributed by atoms with Crippen molar-refractivity contribution in [1.82, 2.24) is 0 Å². The number of carbonyl (C=O) groups is 1. The quantitative estimate of drug-likeness (QED) is 0.379. The van der Waals surface area contributed by atoms with Crippen molar-refractivity contribution < 1.29 is 9.53 Å². The second-order valence-electron chi connectivity index (χ2n) is 7.37. The van der Waals surface area contributed by atoms with Gasteiger partial charge in [0.15, 0.2) is 0 Å². The van der Waals surface area contributed by atoms with Crippen LogP contribution in [0, 0.1) is 25.2 Å². The number of nitrogens with one attached hydrogen (secondary N) is 1. The Kier molecular flexibility index (Phi) is 7.12. The van der Waals surface area contributed by atoms with E-state index >= 15 is 0 Å². The highest BCUT2D eigenvalue weighted by molar-refractivity contribution is 6.31. The molecule has 3 aromatic rings. The van der Waals surface area contributed by atoms with E-state index in [1.165, 1.54) is 11.1 Å². The number of rotatable bonds is 6. The summed E-state index contributed by atoms with van der Waals surface area (Å²) >= 11 is 5.98. The number of ether oxygens (including phenoxy) is 1. The molecule has 0 fully saturated rings. The second-order valence-corrected chi connectivity index (χ2v) is 7.81. The van der Waals surface area contributed by atoms with Gasteiger partial charge in [-0.15, -0.1) is 0 Å². The Morgan fingerprint density at radius 2 is 1.84 bits per heavy atom. The molecule has 0 atom stereocenters. The van der Waals surface area contributed by atoms with E-state index in [2.05, 4.69) is 37.4 Å². The van der Waals surface area contributed by atoms with Gasteiger partial charge >= 0.3 is 0 Å². The highest BCUT2D eigenvalue weighted by Gasteiger charge is 2.12. The zero-order valence-corrected chi connectivity index (χ0v) is 18.5. The molecule has 1 amide bonds. The summed E-state index contributed by atoms with van der Waals surface area (Å²) in [6, 6.07) is 20.8. The van der Waals surface area contributed by atoms with Crippen LogP contribution in [0.15, 0.2) is 66.2 Å². The number of nitrogens with zero attached hydrogens (tertiary/aromatic N) is 1. The normalized spacial score (nSPS) is 11.0. The lowest BCUT2D eigenvalue weighted by Gasteiger charge is -2.11. The predicted octanol–water partition coefficient (Wildman–Crippen LogP) is 6.10. The minimum absolute atomic E-state index is 0.00631. The fourth-order valence-electron chi connectivity index (χ4n) is 3.46. The summed E-state index contributed by atoms with van der Waals surface area (Å²) in [5, 5.41) is 12.8. The molecule has 3 rings (SSSR count). The van der Waals surface area contributed by atoms with E-state index in [4.69, 9.17) is 16.3 Å². The first-order valence-electron chi connectivity index (χ1n) is 9.80. The molecule has 0 saturated heterocycles. The molecule has 0 saturated carbocycles. The van der Waals surface area contributed by atoms with Crippen LogP contribution in [0.25, 0.3) is 6.08 Å². The fourth-order valence-corrected chi connectivity index (χ4v) is 3.65. The Hall–Kier alpha value is -3.55. The number of methoxy groups -OCH3 is 1. The summed E-state index contributed by atoms with van der Waals surface area (Å²) in [5.74, 6) is 0.233. The van der Waals surface area contributed by atoms with Gasteiger partial charge in [0.1, 0.15) is 17.4 Å².